The van der Waals surface area contributed by atoms with Crippen molar-refractivity contribution in [2.45, 2.75) is 32.0 Å². The number of alkyl halides is 1. The predicted octanol–water partition coefficient (Wildman–Crippen LogP) is -6.14. The molecule has 1 heterocycles. The monoisotopic (exact) mass is 625 g/mol. The standard InChI is InChI=1S/C15H19F2NO3.CH2O3.2Cs/c1-14(2,3)21-13(20)11-6-10(4-5-12(11)16)18-7-15(17,8-18)9-19;2-1(3)4;;/h4-6,19H,7-9H2,1-3H3;(H2,2,3,4);;/q;;2*+1/p-2. The average molecular weight is 625 g/mol. The zero-order valence-electron chi connectivity index (χ0n) is 16.0. The first kappa shape index (κ1) is 30.9. The molecule has 0 spiro atoms. The molecule has 0 radical (unpaired) electrons. The van der Waals surface area contributed by atoms with Crippen LogP contribution in [0.4, 0.5) is 19.3 Å². The maximum absolute atomic E-state index is 13.8. The van der Waals surface area contributed by atoms with Gasteiger partial charge in [-0.1, -0.05) is 0 Å². The van der Waals surface area contributed by atoms with Gasteiger partial charge in [-0.3, -0.25) is 0 Å². The van der Waals surface area contributed by atoms with Crippen molar-refractivity contribution in [2.75, 3.05) is 24.6 Å². The Kier molecular flexibility index (Phi) is 15.1. The first-order valence-electron chi connectivity index (χ1n) is 7.32. The van der Waals surface area contributed by atoms with Crippen LogP contribution in [0.2, 0.25) is 0 Å². The average Bonchev–Trinajstić information content (AvgIpc) is 2.42. The predicted molar refractivity (Wildman–Crippen MR) is 80.1 cm³/mol. The summed E-state index contributed by atoms with van der Waals surface area (Å²) in [5.74, 6) is -1.43. The Morgan fingerprint density at radius 1 is 1.26 bits per heavy atom. The van der Waals surface area contributed by atoms with Crippen LogP contribution in [-0.4, -0.2) is 48.2 Å². The number of hydrogen-bond donors (Lipinski definition) is 1. The molecule has 11 heteroatoms. The third-order valence-electron chi connectivity index (χ3n) is 3.17. The van der Waals surface area contributed by atoms with E-state index in [4.69, 9.17) is 24.9 Å². The van der Waals surface area contributed by atoms with Crippen molar-refractivity contribution in [1.29, 1.82) is 0 Å². The minimum atomic E-state index is -2.33. The largest absolute Gasteiger partial charge is 1.00 e. The summed E-state index contributed by atoms with van der Waals surface area (Å²) in [5, 5.41) is 25.6. The number of carboxylic acid groups (broad SMARTS) is 2. The second-order valence-corrected chi connectivity index (χ2v) is 6.58. The zero-order chi connectivity index (χ0) is 19.4. The molecule has 1 aliphatic heterocycles. The SMILES string of the molecule is CC(C)(C)OC(=O)c1cc(N2CC(F)(CO)C2)ccc1F.O=C([O-])[O-].[Cs+].[Cs+]. The van der Waals surface area contributed by atoms with Gasteiger partial charge in [-0.25, -0.2) is 13.6 Å². The van der Waals surface area contributed by atoms with Gasteiger partial charge < -0.3 is 29.8 Å². The number of rotatable bonds is 3. The van der Waals surface area contributed by atoms with E-state index in [2.05, 4.69) is 0 Å². The number of aliphatic hydroxyl groups excluding tert-OH is 1. The van der Waals surface area contributed by atoms with Gasteiger partial charge in [-0.2, -0.15) is 0 Å². The van der Waals surface area contributed by atoms with Crippen LogP contribution in [0.5, 0.6) is 0 Å². The van der Waals surface area contributed by atoms with Gasteiger partial charge in [0, 0.05) is 5.69 Å². The van der Waals surface area contributed by atoms with E-state index in [1.54, 1.807) is 25.7 Å². The normalized spacial score (nSPS) is 14.4. The number of ether oxygens (including phenoxy) is 1. The molecule has 1 aromatic rings. The number of aliphatic hydroxyl groups is 1. The van der Waals surface area contributed by atoms with E-state index < -0.39 is 35.8 Å². The third kappa shape index (κ3) is 11.0. The minimum absolute atomic E-state index is 0. The molecule has 1 aromatic carbocycles. The molecule has 1 aliphatic rings. The number of esters is 1. The van der Waals surface area contributed by atoms with Crippen molar-refractivity contribution in [3.8, 4) is 0 Å². The van der Waals surface area contributed by atoms with Gasteiger partial charge >= 0.3 is 144 Å². The van der Waals surface area contributed by atoms with Crippen LogP contribution in [0.25, 0.3) is 0 Å². The van der Waals surface area contributed by atoms with E-state index >= 15 is 0 Å². The van der Waals surface area contributed by atoms with E-state index in [0.717, 1.165) is 6.07 Å². The summed E-state index contributed by atoms with van der Waals surface area (Å²) in [4.78, 5) is 21.9. The van der Waals surface area contributed by atoms with Crippen molar-refractivity contribution in [3.05, 3.63) is 29.6 Å². The summed E-state index contributed by atoms with van der Waals surface area (Å²) in [5.41, 5.74) is -2.00. The van der Waals surface area contributed by atoms with Crippen LogP contribution >= 0.6 is 0 Å². The van der Waals surface area contributed by atoms with E-state index in [9.17, 15) is 13.6 Å². The van der Waals surface area contributed by atoms with Crippen LogP contribution in [0.1, 0.15) is 31.1 Å². The van der Waals surface area contributed by atoms with Crippen LogP contribution in [0.15, 0.2) is 18.2 Å². The zero-order valence-corrected chi connectivity index (χ0v) is 28.6. The molecular formula is C16H19Cs2F2NO6. The van der Waals surface area contributed by atoms with Gasteiger partial charge in [0.25, 0.3) is 0 Å². The Balaban J connectivity index is 0. The maximum atomic E-state index is 13.8. The molecule has 0 atom stereocenters. The molecule has 0 aromatic heterocycles. The third-order valence-corrected chi connectivity index (χ3v) is 3.17. The van der Waals surface area contributed by atoms with Gasteiger partial charge in [0.15, 0.2) is 5.67 Å². The van der Waals surface area contributed by atoms with Crippen LogP contribution < -0.4 is 153 Å². The van der Waals surface area contributed by atoms with Crippen molar-refractivity contribution in [2.24, 2.45) is 0 Å². The molecule has 0 aliphatic carbocycles. The molecule has 0 saturated carbocycles. The van der Waals surface area contributed by atoms with Crippen LogP contribution in [0.3, 0.4) is 0 Å². The molecule has 1 N–H and O–H groups in total. The smallest absolute Gasteiger partial charge is 0.652 e. The van der Waals surface area contributed by atoms with Crippen molar-refractivity contribution in [3.63, 3.8) is 0 Å². The molecule has 2 rings (SSSR count). The van der Waals surface area contributed by atoms with E-state index in [0.29, 0.717) is 5.69 Å². The Hall–Kier alpha value is 1.68. The Morgan fingerprint density at radius 3 is 2.15 bits per heavy atom. The second-order valence-electron chi connectivity index (χ2n) is 6.58. The summed E-state index contributed by atoms with van der Waals surface area (Å²) in [6.07, 6.45) is -2.33. The van der Waals surface area contributed by atoms with E-state index in [1.165, 1.54) is 12.1 Å². The topological polar surface area (TPSA) is 113 Å². The van der Waals surface area contributed by atoms with Gasteiger partial charge in [0.2, 0.25) is 0 Å². The quantitative estimate of drug-likeness (QED) is 0.333. The van der Waals surface area contributed by atoms with E-state index in [-0.39, 0.29) is 156 Å². The second kappa shape index (κ2) is 13.2. The van der Waals surface area contributed by atoms with Gasteiger partial charge in [0.05, 0.1) is 25.3 Å². The summed E-state index contributed by atoms with van der Waals surface area (Å²) in [7, 11) is 0. The fourth-order valence-corrected chi connectivity index (χ4v) is 2.12. The molecule has 0 unspecified atom stereocenters. The summed E-state index contributed by atoms with van der Waals surface area (Å²) in [6, 6.07) is 3.98. The van der Waals surface area contributed by atoms with Crippen LogP contribution in [-0.2, 0) is 4.74 Å². The molecular weight excluding hydrogens is 606 g/mol. The molecule has 1 saturated heterocycles. The number of benzene rings is 1. The molecule has 0 bridgehead atoms. The molecule has 27 heavy (non-hydrogen) atoms. The number of halogens is 2. The Bertz CT molecular complexity index is 644. The number of anilines is 1. The van der Waals surface area contributed by atoms with E-state index in [1.807, 2.05) is 0 Å². The molecule has 0 amide bonds. The molecule has 140 valence electrons. The fourth-order valence-electron chi connectivity index (χ4n) is 2.12. The van der Waals surface area contributed by atoms with Gasteiger partial charge in [-0.05, 0) is 45.1 Å². The Labute approximate surface area is 274 Å². The number of carbonyl (C=O) groups excluding carboxylic acids is 2. The van der Waals surface area contributed by atoms with Crippen molar-refractivity contribution >= 4 is 17.8 Å². The summed E-state index contributed by atoms with van der Waals surface area (Å²) in [6.45, 7) is 4.57. The Morgan fingerprint density at radius 2 is 1.74 bits per heavy atom. The maximum Gasteiger partial charge on any atom is 1.00 e. The van der Waals surface area contributed by atoms with Crippen molar-refractivity contribution in [1.82, 2.24) is 0 Å². The van der Waals surface area contributed by atoms with Crippen molar-refractivity contribution < 1.29 is 176 Å². The minimum Gasteiger partial charge on any atom is -0.652 e. The fraction of sp³-hybridized carbons (Fsp3) is 0.500. The first-order chi connectivity index (χ1) is 11.4. The van der Waals surface area contributed by atoms with Gasteiger partial charge in [-0.15, -0.1) is 0 Å². The number of nitrogens with zero attached hydrogens (tertiary/aromatic N) is 1. The number of hydrogen-bond acceptors (Lipinski definition) is 7. The summed E-state index contributed by atoms with van der Waals surface area (Å²) >= 11 is 0. The van der Waals surface area contributed by atoms with Gasteiger partial charge in [0.1, 0.15) is 11.4 Å². The van der Waals surface area contributed by atoms with Crippen LogP contribution in [0, 0.1) is 5.82 Å². The summed E-state index contributed by atoms with van der Waals surface area (Å²) < 4.78 is 32.6. The molecule has 1 fully saturated rings. The first-order valence-corrected chi connectivity index (χ1v) is 7.32. The number of carbonyl (C=O) groups is 2. The molecule has 7 nitrogen and oxygen atoms in total.